The van der Waals surface area contributed by atoms with Crippen LogP contribution in [0.15, 0.2) is 18.2 Å². The van der Waals surface area contributed by atoms with Crippen LogP contribution in [-0.2, 0) is 12.8 Å². The lowest BCUT2D eigenvalue weighted by atomic mass is 9.90. The molecule has 2 aliphatic rings. The first-order chi connectivity index (χ1) is 11.6. The molecular weight excluding hydrogens is 328 g/mol. The Morgan fingerprint density at radius 2 is 2.25 bits per heavy atom. The first kappa shape index (κ1) is 15.5. The van der Waals surface area contributed by atoms with E-state index in [0.717, 1.165) is 22.5 Å². The lowest BCUT2D eigenvalue weighted by Crippen LogP contribution is -2.28. The summed E-state index contributed by atoms with van der Waals surface area (Å²) in [5.41, 5.74) is 9.50. The van der Waals surface area contributed by atoms with Crippen LogP contribution in [0, 0.1) is 0 Å². The molecule has 4 N–H and O–H groups in total. The van der Waals surface area contributed by atoms with Crippen LogP contribution in [0.25, 0.3) is 0 Å². The second kappa shape index (κ2) is 5.79. The van der Waals surface area contributed by atoms with Crippen molar-refractivity contribution in [3.8, 4) is 0 Å². The zero-order chi connectivity index (χ0) is 16.8. The molecule has 1 aliphatic carbocycles. The summed E-state index contributed by atoms with van der Waals surface area (Å²) in [5.74, 6) is -0.106. The summed E-state index contributed by atoms with van der Waals surface area (Å²) in [4.78, 5) is 13.1. The molecule has 0 amide bonds. The van der Waals surface area contributed by atoms with Gasteiger partial charge in [0.05, 0.1) is 28.4 Å². The Bertz CT molecular complexity index is 817. The van der Waals surface area contributed by atoms with E-state index < -0.39 is 6.10 Å². The maximum absolute atomic E-state index is 13.1. The van der Waals surface area contributed by atoms with Gasteiger partial charge in [0.1, 0.15) is 5.82 Å². The highest BCUT2D eigenvalue weighted by atomic mass is 35.5. The Labute approximate surface area is 144 Å². The van der Waals surface area contributed by atoms with E-state index >= 15 is 0 Å². The van der Waals surface area contributed by atoms with Gasteiger partial charge in [-0.05, 0) is 30.9 Å². The largest absolute Gasteiger partial charge is 0.393 e. The van der Waals surface area contributed by atoms with Crippen LogP contribution < -0.4 is 11.1 Å². The normalized spacial score (nSPS) is 22.4. The SMILES string of the molecule is Nc1c2c(nn1C(=O)[C@@H]1CCNc3c(Cl)cccc31)CC[C@@H](O)C2. The molecule has 0 saturated carbocycles. The number of aryl methyl sites for hydroxylation is 1. The molecule has 1 aliphatic heterocycles. The number of hydrogen-bond donors (Lipinski definition) is 3. The number of aromatic nitrogens is 2. The maximum Gasteiger partial charge on any atom is 0.256 e. The Morgan fingerprint density at radius 1 is 1.42 bits per heavy atom. The maximum atomic E-state index is 13.1. The van der Waals surface area contributed by atoms with E-state index in [1.165, 1.54) is 4.68 Å². The Hall–Kier alpha value is -2.05. The number of carbonyl (C=O) groups excluding carboxylic acids is 1. The van der Waals surface area contributed by atoms with Crippen LogP contribution >= 0.6 is 11.6 Å². The van der Waals surface area contributed by atoms with E-state index in [2.05, 4.69) is 10.4 Å². The number of nitrogens with one attached hydrogen (secondary N) is 1. The number of hydrogen-bond acceptors (Lipinski definition) is 5. The van der Waals surface area contributed by atoms with Crippen molar-refractivity contribution in [2.24, 2.45) is 0 Å². The standard InChI is InChI=1S/C17H19ClN4O2/c18-13-3-1-2-10-11(6-7-20-15(10)13)17(24)22-16(19)12-8-9(23)4-5-14(12)21-22/h1-3,9,11,20,23H,4-8,19H2/t9-,11-/m1/s1. The van der Waals surface area contributed by atoms with Crippen molar-refractivity contribution in [2.45, 2.75) is 37.7 Å². The number of anilines is 2. The Kier molecular flexibility index (Phi) is 3.73. The van der Waals surface area contributed by atoms with Gasteiger partial charge in [-0.1, -0.05) is 23.7 Å². The van der Waals surface area contributed by atoms with Crippen LogP contribution in [-0.4, -0.2) is 33.4 Å². The summed E-state index contributed by atoms with van der Waals surface area (Å²) in [6.07, 6.45) is 2.02. The minimum absolute atomic E-state index is 0.138. The average molecular weight is 347 g/mol. The lowest BCUT2D eigenvalue weighted by molar-refractivity contribution is 0.0859. The van der Waals surface area contributed by atoms with Gasteiger partial charge < -0.3 is 16.2 Å². The average Bonchev–Trinajstić information content (AvgIpc) is 2.91. The van der Waals surface area contributed by atoms with Crippen molar-refractivity contribution < 1.29 is 9.90 Å². The van der Waals surface area contributed by atoms with E-state index in [1.807, 2.05) is 18.2 Å². The van der Waals surface area contributed by atoms with Crippen LogP contribution in [0.2, 0.25) is 5.02 Å². The Balaban J connectivity index is 1.73. The predicted octanol–water partition coefficient (Wildman–Crippen LogP) is 2.21. The third kappa shape index (κ3) is 2.37. The highest BCUT2D eigenvalue weighted by Crippen LogP contribution is 2.38. The summed E-state index contributed by atoms with van der Waals surface area (Å²) in [7, 11) is 0. The third-order valence-electron chi connectivity index (χ3n) is 4.92. The highest BCUT2D eigenvalue weighted by molar-refractivity contribution is 6.33. The van der Waals surface area contributed by atoms with Crippen molar-refractivity contribution in [3.63, 3.8) is 0 Å². The summed E-state index contributed by atoms with van der Waals surface area (Å²) in [5, 5.41) is 18.1. The van der Waals surface area contributed by atoms with Gasteiger partial charge in [0, 0.05) is 18.5 Å². The molecule has 7 heteroatoms. The molecule has 2 heterocycles. The van der Waals surface area contributed by atoms with Crippen LogP contribution in [0.3, 0.4) is 0 Å². The van der Waals surface area contributed by atoms with Crippen molar-refractivity contribution in [1.82, 2.24) is 9.78 Å². The second-order valence-corrected chi connectivity index (χ2v) is 6.84. The fourth-order valence-electron chi connectivity index (χ4n) is 3.66. The van der Waals surface area contributed by atoms with Gasteiger partial charge in [0.15, 0.2) is 0 Å². The number of nitrogens with two attached hydrogens (primary N) is 1. The molecule has 126 valence electrons. The van der Waals surface area contributed by atoms with Crippen LogP contribution in [0.4, 0.5) is 11.5 Å². The number of carbonyl (C=O) groups is 1. The van der Waals surface area contributed by atoms with E-state index in [4.69, 9.17) is 17.3 Å². The summed E-state index contributed by atoms with van der Waals surface area (Å²) in [6.45, 7) is 0.673. The van der Waals surface area contributed by atoms with Crippen molar-refractivity contribution >= 4 is 29.0 Å². The molecule has 6 nitrogen and oxygen atoms in total. The molecule has 0 spiro atoms. The van der Waals surface area contributed by atoms with Crippen molar-refractivity contribution in [1.29, 1.82) is 0 Å². The lowest BCUT2D eigenvalue weighted by Gasteiger charge is -2.26. The minimum Gasteiger partial charge on any atom is -0.393 e. The van der Waals surface area contributed by atoms with Gasteiger partial charge in [-0.3, -0.25) is 4.79 Å². The zero-order valence-electron chi connectivity index (χ0n) is 13.1. The molecule has 0 saturated heterocycles. The molecular formula is C17H19ClN4O2. The van der Waals surface area contributed by atoms with Gasteiger partial charge in [-0.2, -0.15) is 9.78 Å². The Morgan fingerprint density at radius 3 is 3.08 bits per heavy atom. The van der Waals surface area contributed by atoms with Gasteiger partial charge in [0.25, 0.3) is 5.91 Å². The molecule has 1 aromatic heterocycles. The minimum atomic E-state index is -0.411. The molecule has 2 aromatic rings. The number of halogens is 1. The number of aliphatic hydroxyl groups excluding tert-OH is 1. The van der Waals surface area contributed by atoms with E-state index in [-0.39, 0.29) is 11.8 Å². The van der Waals surface area contributed by atoms with E-state index in [1.54, 1.807) is 0 Å². The number of nitrogens with zero attached hydrogens (tertiary/aromatic N) is 2. The molecule has 1 aromatic carbocycles. The van der Waals surface area contributed by atoms with E-state index in [0.29, 0.717) is 43.1 Å². The van der Waals surface area contributed by atoms with Gasteiger partial charge >= 0.3 is 0 Å². The van der Waals surface area contributed by atoms with Gasteiger partial charge in [0.2, 0.25) is 0 Å². The first-order valence-electron chi connectivity index (χ1n) is 8.17. The molecule has 0 unspecified atom stereocenters. The summed E-state index contributed by atoms with van der Waals surface area (Å²) in [6, 6.07) is 5.57. The number of benzene rings is 1. The third-order valence-corrected chi connectivity index (χ3v) is 5.24. The summed E-state index contributed by atoms with van der Waals surface area (Å²) >= 11 is 6.24. The highest BCUT2D eigenvalue weighted by Gasteiger charge is 2.32. The number of rotatable bonds is 1. The fourth-order valence-corrected chi connectivity index (χ4v) is 3.91. The second-order valence-electron chi connectivity index (χ2n) is 6.43. The van der Waals surface area contributed by atoms with Gasteiger partial charge in [-0.15, -0.1) is 0 Å². The molecule has 4 rings (SSSR count). The molecule has 2 atom stereocenters. The van der Waals surface area contributed by atoms with Gasteiger partial charge in [-0.25, -0.2) is 0 Å². The van der Waals surface area contributed by atoms with E-state index in [9.17, 15) is 9.90 Å². The fraction of sp³-hybridized carbons (Fsp3) is 0.412. The van der Waals surface area contributed by atoms with Crippen LogP contribution in [0.1, 0.15) is 40.4 Å². The van der Waals surface area contributed by atoms with Crippen molar-refractivity contribution in [3.05, 3.63) is 40.0 Å². The topological polar surface area (TPSA) is 93.2 Å². The molecule has 0 bridgehead atoms. The number of fused-ring (bicyclic) bond motifs is 2. The first-order valence-corrected chi connectivity index (χ1v) is 8.55. The number of aliphatic hydroxyl groups is 1. The molecule has 0 fully saturated rings. The summed E-state index contributed by atoms with van der Waals surface area (Å²) < 4.78 is 1.32. The molecule has 0 radical (unpaired) electrons. The van der Waals surface area contributed by atoms with Crippen LogP contribution in [0.5, 0.6) is 0 Å². The smallest absolute Gasteiger partial charge is 0.256 e. The van der Waals surface area contributed by atoms with Crippen molar-refractivity contribution in [2.75, 3.05) is 17.6 Å². The monoisotopic (exact) mass is 346 g/mol. The zero-order valence-corrected chi connectivity index (χ0v) is 13.9. The number of nitrogen functional groups attached to an aromatic ring is 1. The number of para-hydroxylation sites is 1. The predicted molar refractivity (Wildman–Crippen MR) is 92.6 cm³/mol. The molecule has 24 heavy (non-hydrogen) atoms. The quantitative estimate of drug-likeness (QED) is 0.736.